The lowest BCUT2D eigenvalue weighted by molar-refractivity contribution is -0.137. The smallest absolute Gasteiger partial charge is 0.253 e. The van der Waals surface area contributed by atoms with Gasteiger partial charge in [-0.05, 0) is 57.9 Å². The lowest BCUT2D eigenvalue weighted by Gasteiger charge is -2.40. The second-order valence-corrected chi connectivity index (χ2v) is 9.42. The topological polar surface area (TPSA) is 58.4 Å². The van der Waals surface area contributed by atoms with Crippen LogP contribution in [0.1, 0.15) is 76.2 Å². The number of aromatic nitrogens is 2. The van der Waals surface area contributed by atoms with Crippen molar-refractivity contribution in [2.24, 2.45) is 5.92 Å². The predicted molar refractivity (Wildman–Crippen MR) is 114 cm³/mol. The van der Waals surface area contributed by atoms with Gasteiger partial charge < -0.3 is 4.90 Å². The van der Waals surface area contributed by atoms with E-state index in [1.54, 1.807) is 6.07 Å². The molecule has 3 aliphatic heterocycles. The number of carbonyl (C=O) groups is 1. The fourth-order valence-corrected chi connectivity index (χ4v) is 5.35. The normalized spacial score (nSPS) is 28.6. The highest BCUT2D eigenvalue weighted by molar-refractivity contribution is 5.78. The molecule has 3 aliphatic rings. The fourth-order valence-electron chi connectivity index (χ4n) is 5.35. The molecule has 0 radical (unpaired) electrons. The lowest BCUT2D eigenvalue weighted by atomic mass is 9.91. The van der Waals surface area contributed by atoms with Gasteiger partial charge in [0, 0.05) is 44.1 Å². The standard InChI is InChI=1S/C23H36N4O2/c1-17-8-6-13-26(18(17)2)23(29)16-25-11-7-9-19(15-25)20-14-22(28)27-12-5-3-4-10-21(27)24-20/h14,17-19H,3-13,15-16H2,1-2H3/t17-,18-,19+/m1/s1. The molecule has 1 amide bonds. The van der Waals surface area contributed by atoms with Gasteiger partial charge in [0.15, 0.2) is 0 Å². The Kier molecular flexibility index (Phi) is 6.38. The van der Waals surface area contributed by atoms with Gasteiger partial charge in [0.25, 0.3) is 5.56 Å². The zero-order valence-corrected chi connectivity index (χ0v) is 18.1. The number of rotatable bonds is 3. The Balaban J connectivity index is 1.43. The highest BCUT2D eigenvalue weighted by atomic mass is 16.2. The van der Waals surface area contributed by atoms with E-state index in [1.807, 2.05) is 4.57 Å². The zero-order chi connectivity index (χ0) is 20.4. The Morgan fingerprint density at radius 1 is 1.07 bits per heavy atom. The van der Waals surface area contributed by atoms with E-state index in [4.69, 9.17) is 4.98 Å². The van der Waals surface area contributed by atoms with Gasteiger partial charge in [-0.3, -0.25) is 19.1 Å². The minimum Gasteiger partial charge on any atom is -0.339 e. The third-order valence-corrected chi connectivity index (χ3v) is 7.37. The van der Waals surface area contributed by atoms with Gasteiger partial charge >= 0.3 is 0 Å². The van der Waals surface area contributed by atoms with Crippen molar-refractivity contribution in [1.29, 1.82) is 0 Å². The van der Waals surface area contributed by atoms with Gasteiger partial charge in [0.2, 0.25) is 5.91 Å². The molecule has 0 aromatic carbocycles. The molecule has 2 saturated heterocycles. The minimum atomic E-state index is 0.108. The van der Waals surface area contributed by atoms with Gasteiger partial charge in [0.1, 0.15) is 5.82 Å². The van der Waals surface area contributed by atoms with Crippen LogP contribution in [0.5, 0.6) is 0 Å². The number of piperidine rings is 2. The number of aryl methyl sites for hydroxylation is 1. The molecule has 0 N–H and O–H groups in total. The molecule has 1 aromatic heterocycles. The van der Waals surface area contributed by atoms with Crippen molar-refractivity contribution in [3.8, 4) is 0 Å². The van der Waals surface area contributed by atoms with Gasteiger partial charge in [0.05, 0.1) is 12.2 Å². The average Bonchev–Trinajstić information content (AvgIpc) is 2.96. The first-order chi connectivity index (χ1) is 14.0. The lowest BCUT2D eigenvalue weighted by Crippen LogP contribution is -2.50. The summed E-state index contributed by atoms with van der Waals surface area (Å²) in [6, 6.07) is 2.10. The molecular weight excluding hydrogens is 364 g/mol. The quantitative estimate of drug-likeness (QED) is 0.783. The summed E-state index contributed by atoms with van der Waals surface area (Å²) in [6.07, 6.45) is 8.71. The third kappa shape index (κ3) is 4.57. The van der Waals surface area contributed by atoms with Crippen LogP contribution in [-0.2, 0) is 17.8 Å². The van der Waals surface area contributed by atoms with Crippen LogP contribution in [0, 0.1) is 5.92 Å². The van der Waals surface area contributed by atoms with E-state index in [1.165, 1.54) is 12.8 Å². The molecule has 6 nitrogen and oxygen atoms in total. The Morgan fingerprint density at radius 3 is 2.76 bits per heavy atom. The Bertz CT molecular complexity index is 790. The summed E-state index contributed by atoms with van der Waals surface area (Å²) < 4.78 is 1.87. The molecule has 0 saturated carbocycles. The van der Waals surface area contributed by atoms with E-state index in [2.05, 4.69) is 23.6 Å². The van der Waals surface area contributed by atoms with Crippen molar-refractivity contribution >= 4 is 5.91 Å². The Morgan fingerprint density at radius 2 is 1.90 bits per heavy atom. The highest BCUT2D eigenvalue weighted by Crippen LogP contribution is 2.27. The molecule has 4 rings (SSSR count). The first-order valence-corrected chi connectivity index (χ1v) is 11.7. The third-order valence-electron chi connectivity index (χ3n) is 7.37. The van der Waals surface area contributed by atoms with Crippen LogP contribution < -0.4 is 5.56 Å². The summed E-state index contributed by atoms with van der Waals surface area (Å²) in [5.41, 5.74) is 1.05. The Hall–Kier alpha value is -1.69. The minimum absolute atomic E-state index is 0.108. The summed E-state index contributed by atoms with van der Waals surface area (Å²) in [7, 11) is 0. The van der Waals surface area contributed by atoms with E-state index in [0.29, 0.717) is 18.5 Å². The number of hydrogen-bond donors (Lipinski definition) is 0. The first kappa shape index (κ1) is 20.6. The molecule has 6 heteroatoms. The van der Waals surface area contributed by atoms with Crippen LogP contribution in [0.2, 0.25) is 0 Å². The maximum Gasteiger partial charge on any atom is 0.253 e. The van der Waals surface area contributed by atoms with E-state index in [-0.39, 0.29) is 17.4 Å². The van der Waals surface area contributed by atoms with Crippen LogP contribution >= 0.6 is 0 Å². The summed E-state index contributed by atoms with van der Waals surface area (Å²) in [5, 5.41) is 0. The van der Waals surface area contributed by atoms with E-state index in [9.17, 15) is 9.59 Å². The number of hydrogen-bond acceptors (Lipinski definition) is 4. The first-order valence-electron chi connectivity index (χ1n) is 11.7. The highest BCUT2D eigenvalue weighted by Gasteiger charge is 2.31. The molecule has 4 heterocycles. The predicted octanol–water partition coefficient (Wildman–Crippen LogP) is 2.80. The number of carbonyl (C=O) groups excluding carboxylic acids is 1. The number of amides is 1. The van der Waals surface area contributed by atoms with Gasteiger partial charge in [-0.15, -0.1) is 0 Å². The molecular formula is C23H36N4O2. The van der Waals surface area contributed by atoms with Crippen LogP contribution in [0.25, 0.3) is 0 Å². The van der Waals surface area contributed by atoms with Crippen LogP contribution in [0.3, 0.4) is 0 Å². The summed E-state index contributed by atoms with van der Waals surface area (Å²) in [4.78, 5) is 34.9. The number of nitrogens with zero attached hydrogens (tertiary/aromatic N) is 4. The SMILES string of the molecule is C[C@@H]1CCCN(C(=O)CN2CCC[C@H](c3cc(=O)n4c(n3)CCCCC4)C2)[C@@H]1C. The van der Waals surface area contributed by atoms with Crippen molar-refractivity contribution in [2.75, 3.05) is 26.2 Å². The van der Waals surface area contributed by atoms with Gasteiger partial charge in [-0.2, -0.15) is 0 Å². The fraction of sp³-hybridized carbons (Fsp3) is 0.783. The summed E-state index contributed by atoms with van der Waals surface area (Å²) in [5.74, 6) is 2.07. The van der Waals surface area contributed by atoms with Crippen molar-refractivity contribution < 1.29 is 4.79 Å². The molecule has 0 aliphatic carbocycles. The van der Waals surface area contributed by atoms with E-state index >= 15 is 0 Å². The van der Waals surface area contributed by atoms with Gasteiger partial charge in [-0.1, -0.05) is 13.3 Å². The summed E-state index contributed by atoms with van der Waals surface area (Å²) >= 11 is 0. The summed E-state index contributed by atoms with van der Waals surface area (Å²) in [6.45, 7) is 8.43. The molecule has 160 valence electrons. The van der Waals surface area contributed by atoms with Gasteiger partial charge in [-0.25, -0.2) is 4.98 Å². The molecule has 0 unspecified atom stereocenters. The second-order valence-electron chi connectivity index (χ2n) is 9.42. The maximum absolute atomic E-state index is 13.0. The zero-order valence-electron chi connectivity index (χ0n) is 18.1. The van der Waals surface area contributed by atoms with E-state index in [0.717, 1.165) is 76.2 Å². The molecule has 0 spiro atoms. The van der Waals surface area contributed by atoms with Crippen LogP contribution in [0.15, 0.2) is 10.9 Å². The second kappa shape index (κ2) is 8.99. The molecule has 1 aromatic rings. The van der Waals surface area contributed by atoms with E-state index < -0.39 is 0 Å². The average molecular weight is 401 g/mol. The van der Waals surface area contributed by atoms with Crippen molar-refractivity contribution in [1.82, 2.24) is 19.4 Å². The van der Waals surface area contributed by atoms with Crippen molar-refractivity contribution in [3.05, 3.63) is 27.9 Å². The molecule has 3 atom stereocenters. The molecule has 0 bridgehead atoms. The number of fused-ring (bicyclic) bond motifs is 1. The molecule has 29 heavy (non-hydrogen) atoms. The monoisotopic (exact) mass is 400 g/mol. The Labute approximate surface area is 174 Å². The van der Waals surface area contributed by atoms with Crippen LogP contribution in [-0.4, -0.2) is 57.5 Å². The molecule has 2 fully saturated rings. The maximum atomic E-state index is 13.0. The van der Waals surface area contributed by atoms with Crippen LogP contribution in [0.4, 0.5) is 0 Å². The number of likely N-dealkylation sites (tertiary alicyclic amines) is 2. The van der Waals surface area contributed by atoms with Crippen molar-refractivity contribution in [2.45, 2.75) is 83.7 Å². The largest absolute Gasteiger partial charge is 0.339 e. The van der Waals surface area contributed by atoms with Crippen molar-refractivity contribution in [3.63, 3.8) is 0 Å².